The fourth-order valence-corrected chi connectivity index (χ4v) is 10.5. The molecule has 0 amide bonds. The predicted molar refractivity (Wildman–Crippen MR) is 242 cm³/mol. The highest BCUT2D eigenvalue weighted by atomic mass is 32.1. The van der Waals surface area contributed by atoms with Crippen LogP contribution < -0.4 is 4.90 Å². The Kier molecular flexibility index (Phi) is 7.98. The van der Waals surface area contributed by atoms with Gasteiger partial charge in [-0.15, -0.1) is 11.3 Å². The van der Waals surface area contributed by atoms with E-state index in [4.69, 9.17) is 0 Å². The minimum absolute atomic E-state index is 0.481. The second-order valence-electron chi connectivity index (χ2n) is 14.8. The largest absolute Gasteiger partial charge is 0.311 e. The van der Waals surface area contributed by atoms with Gasteiger partial charge in [0.25, 0.3) is 0 Å². The Morgan fingerprint density at radius 3 is 1.51 bits per heavy atom. The van der Waals surface area contributed by atoms with Crippen LogP contribution in [-0.2, 0) is 5.41 Å². The highest BCUT2D eigenvalue weighted by Crippen LogP contribution is 2.59. The lowest BCUT2D eigenvalue weighted by atomic mass is 9.67. The number of fused-ring (bicyclic) bond motifs is 7. The molecular weight excluding hydrogens is 707 g/mol. The average molecular weight is 744 g/mol. The lowest BCUT2D eigenvalue weighted by Gasteiger charge is -2.34. The van der Waals surface area contributed by atoms with Crippen molar-refractivity contribution in [2.75, 3.05) is 4.90 Å². The fourth-order valence-electron chi connectivity index (χ4n) is 9.19. The molecule has 0 radical (unpaired) electrons. The van der Waals surface area contributed by atoms with Crippen molar-refractivity contribution in [3.8, 4) is 33.4 Å². The molecule has 2 heteroatoms. The summed E-state index contributed by atoms with van der Waals surface area (Å²) in [4.78, 5) is 2.36. The second kappa shape index (κ2) is 13.6. The van der Waals surface area contributed by atoms with Crippen molar-refractivity contribution in [1.82, 2.24) is 0 Å². The first-order valence-corrected chi connectivity index (χ1v) is 20.4. The van der Waals surface area contributed by atoms with E-state index in [-0.39, 0.29) is 0 Å². The molecule has 57 heavy (non-hydrogen) atoms. The van der Waals surface area contributed by atoms with Crippen LogP contribution in [0.3, 0.4) is 0 Å². The quantitative estimate of drug-likeness (QED) is 0.157. The van der Waals surface area contributed by atoms with Crippen LogP contribution in [0.4, 0.5) is 17.1 Å². The van der Waals surface area contributed by atoms with E-state index in [1.54, 1.807) is 0 Å². The monoisotopic (exact) mass is 743 g/mol. The average Bonchev–Trinajstić information content (AvgIpc) is 3.82. The fraction of sp³-hybridized carbons (Fsp3) is 0.0182. The van der Waals surface area contributed by atoms with E-state index in [2.05, 4.69) is 229 Å². The third kappa shape index (κ3) is 5.37. The topological polar surface area (TPSA) is 3.24 Å². The number of hydrogen-bond donors (Lipinski definition) is 0. The summed E-state index contributed by atoms with van der Waals surface area (Å²) in [6, 6.07) is 82.2. The standard InChI is InChI=1S/C55H37NS/c1-4-14-38(15-5-1)39-24-26-40(27-25-39)41-28-32-45(33-29-41)56(44-18-8-3-9-19-44)46-34-30-43(31-35-46)55(42-16-6-2-7-17-42)50-22-12-10-21-49(50)53-51(55)37-36-48-47-20-11-13-23-52(47)57-54(48)53/h1-37H. The van der Waals surface area contributed by atoms with Gasteiger partial charge in [0.2, 0.25) is 0 Å². The van der Waals surface area contributed by atoms with Crippen molar-refractivity contribution in [1.29, 1.82) is 0 Å². The van der Waals surface area contributed by atoms with E-state index in [0.29, 0.717) is 0 Å². The minimum Gasteiger partial charge on any atom is -0.311 e. The van der Waals surface area contributed by atoms with Crippen molar-refractivity contribution in [3.05, 3.63) is 247 Å². The van der Waals surface area contributed by atoms with Crippen LogP contribution in [0, 0.1) is 0 Å². The number of benzene rings is 9. The highest BCUT2D eigenvalue weighted by Gasteiger charge is 2.47. The number of anilines is 3. The zero-order valence-electron chi connectivity index (χ0n) is 31.2. The van der Waals surface area contributed by atoms with Gasteiger partial charge in [-0.05, 0) is 92.5 Å². The Balaban J connectivity index is 1.03. The van der Waals surface area contributed by atoms with Gasteiger partial charge in [0.05, 0.1) is 5.41 Å². The third-order valence-electron chi connectivity index (χ3n) is 11.8. The van der Waals surface area contributed by atoms with Gasteiger partial charge in [0.15, 0.2) is 0 Å². The molecule has 0 bridgehead atoms. The summed E-state index contributed by atoms with van der Waals surface area (Å²) in [5, 5.41) is 2.66. The van der Waals surface area contributed by atoms with E-state index in [9.17, 15) is 0 Å². The summed E-state index contributed by atoms with van der Waals surface area (Å²) in [6.45, 7) is 0. The number of para-hydroxylation sites is 1. The van der Waals surface area contributed by atoms with E-state index in [1.165, 1.54) is 75.8 Å². The predicted octanol–water partition coefficient (Wildman–Crippen LogP) is 15.2. The van der Waals surface area contributed by atoms with Crippen molar-refractivity contribution in [3.63, 3.8) is 0 Å². The van der Waals surface area contributed by atoms with Crippen LogP contribution in [0.15, 0.2) is 224 Å². The van der Waals surface area contributed by atoms with Crippen molar-refractivity contribution >= 4 is 48.6 Å². The first kappa shape index (κ1) is 33.3. The molecule has 268 valence electrons. The SMILES string of the molecule is c1ccc(-c2ccc(-c3ccc(N(c4ccccc4)c4ccc(C5(c6ccccc6)c6ccccc6-c6c5ccc5c6sc6ccccc65)cc4)cc3)cc2)cc1. The molecular formula is C55H37NS. The molecule has 11 rings (SSSR count). The van der Waals surface area contributed by atoms with Crippen LogP contribution in [0.5, 0.6) is 0 Å². The molecule has 0 fully saturated rings. The van der Waals surface area contributed by atoms with Crippen LogP contribution in [0.1, 0.15) is 22.3 Å². The van der Waals surface area contributed by atoms with Crippen LogP contribution in [0.2, 0.25) is 0 Å². The molecule has 1 nitrogen and oxygen atoms in total. The zero-order chi connectivity index (χ0) is 37.8. The molecule has 1 aliphatic rings. The van der Waals surface area contributed by atoms with Gasteiger partial charge in [0, 0.05) is 42.8 Å². The Hall–Kier alpha value is -7.00. The Bertz CT molecular complexity index is 3020. The van der Waals surface area contributed by atoms with E-state index < -0.39 is 5.41 Å². The Morgan fingerprint density at radius 1 is 0.333 bits per heavy atom. The molecule has 0 saturated heterocycles. The lowest BCUT2D eigenvalue weighted by Crippen LogP contribution is -2.28. The maximum Gasteiger partial charge on any atom is 0.0714 e. The molecule has 9 aromatic carbocycles. The smallest absolute Gasteiger partial charge is 0.0714 e. The Morgan fingerprint density at radius 2 is 0.825 bits per heavy atom. The summed E-state index contributed by atoms with van der Waals surface area (Å²) in [7, 11) is 0. The molecule has 1 aliphatic carbocycles. The van der Waals surface area contributed by atoms with E-state index >= 15 is 0 Å². The van der Waals surface area contributed by atoms with Gasteiger partial charge < -0.3 is 4.90 Å². The minimum atomic E-state index is -0.481. The molecule has 1 atom stereocenters. The molecule has 1 heterocycles. The summed E-state index contributed by atoms with van der Waals surface area (Å²) >= 11 is 1.92. The van der Waals surface area contributed by atoms with Crippen molar-refractivity contribution in [2.45, 2.75) is 5.41 Å². The van der Waals surface area contributed by atoms with E-state index in [0.717, 1.165) is 17.1 Å². The summed E-state index contributed by atoms with van der Waals surface area (Å²) in [5.41, 5.74) is 15.6. The van der Waals surface area contributed by atoms with Gasteiger partial charge in [-0.1, -0.05) is 182 Å². The maximum absolute atomic E-state index is 2.41. The van der Waals surface area contributed by atoms with E-state index in [1.807, 2.05) is 11.3 Å². The number of nitrogens with zero attached hydrogens (tertiary/aromatic N) is 1. The van der Waals surface area contributed by atoms with Gasteiger partial charge >= 0.3 is 0 Å². The van der Waals surface area contributed by atoms with Gasteiger partial charge in [-0.3, -0.25) is 0 Å². The molecule has 0 N–H and O–H groups in total. The maximum atomic E-state index is 2.41. The highest BCUT2D eigenvalue weighted by molar-refractivity contribution is 7.26. The van der Waals surface area contributed by atoms with Crippen molar-refractivity contribution < 1.29 is 0 Å². The number of rotatable bonds is 7. The van der Waals surface area contributed by atoms with Gasteiger partial charge in [-0.25, -0.2) is 0 Å². The van der Waals surface area contributed by atoms with Crippen LogP contribution in [0.25, 0.3) is 53.6 Å². The summed E-state index contributed by atoms with van der Waals surface area (Å²) < 4.78 is 2.69. The first-order valence-electron chi connectivity index (χ1n) is 19.6. The number of thiophene rings is 1. The molecule has 0 spiro atoms. The van der Waals surface area contributed by atoms with Crippen molar-refractivity contribution in [2.24, 2.45) is 0 Å². The van der Waals surface area contributed by atoms with Crippen LogP contribution in [-0.4, -0.2) is 0 Å². The normalized spacial score (nSPS) is 14.4. The molecule has 1 unspecified atom stereocenters. The molecule has 0 aliphatic heterocycles. The summed E-state index contributed by atoms with van der Waals surface area (Å²) in [6.07, 6.45) is 0. The zero-order valence-corrected chi connectivity index (χ0v) is 32.0. The molecule has 1 aromatic heterocycles. The molecule has 10 aromatic rings. The second-order valence-corrected chi connectivity index (χ2v) is 15.9. The Labute approximate surface area is 337 Å². The van der Waals surface area contributed by atoms with Crippen LogP contribution >= 0.6 is 11.3 Å². The number of hydrogen-bond acceptors (Lipinski definition) is 2. The first-order chi connectivity index (χ1) is 28.3. The van der Waals surface area contributed by atoms with Gasteiger partial charge in [0.1, 0.15) is 0 Å². The third-order valence-corrected chi connectivity index (χ3v) is 13.0. The molecule has 0 saturated carbocycles. The van der Waals surface area contributed by atoms with Gasteiger partial charge in [-0.2, -0.15) is 0 Å². The summed E-state index contributed by atoms with van der Waals surface area (Å²) in [5.74, 6) is 0. The lowest BCUT2D eigenvalue weighted by molar-refractivity contribution is 0.769.